The molecule has 0 radical (unpaired) electrons. The normalized spacial score (nSPS) is 15.8. The fraction of sp³-hybridized carbons (Fsp3) is 0.348. The lowest BCUT2D eigenvalue weighted by atomic mass is 10.1. The number of nitrogens with zero attached hydrogens (tertiary/aromatic N) is 4. The van der Waals surface area contributed by atoms with E-state index in [-0.39, 0.29) is 6.04 Å². The number of benzene rings is 2. The van der Waals surface area contributed by atoms with Crippen LogP contribution >= 0.6 is 0 Å². The molecule has 0 saturated heterocycles. The highest BCUT2D eigenvalue weighted by Crippen LogP contribution is 2.30. The van der Waals surface area contributed by atoms with E-state index in [0.717, 1.165) is 48.3 Å². The summed E-state index contributed by atoms with van der Waals surface area (Å²) >= 11 is 0. The van der Waals surface area contributed by atoms with Crippen LogP contribution in [0, 0.1) is 6.92 Å². The van der Waals surface area contributed by atoms with Crippen LogP contribution in [-0.4, -0.2) is 34.9 Å². The molecule has 3 aromatic rings. The van der Waals surface area contributed by atoms with Gasteiger partial charge in [-0.05, 0) is 49.6 Å². The first kappa shape index (κ1) is 20.7. The molecule has 0 amide bonds. The zero-order valence-corrected chi connectivity index (χ0v) is 18.1. The molecule has 0 saturated carbocycles. The molecule has 1 aromatic heterocycles. The Hall–Kier alpha value is -3.55. The van der Waals surface area contributed by atoms with Gasteiger partial charge in [0, 0.05) is 20.1 Å². The molecule has 2 aromatic carbocycles. The number of para-hydroxylation sites is 2. The van der Waals surface area contributed by atoms with Gasteiger partial charge in [0.05, 0.1) is 13.2 Å². The molecule has 2 heterocycles. The van der Waals surface area contributed by atoms with Gasteiger partial charge in [0.25, 0.3) is 0 Å². The zero-order chi connectivity index (χ0) is 21.6. The molecule has 1 atom stereocenters. The largest absolute Gasteiger partial charge is 0.493 e. The van der Waals surface area contributed by atoms with Gasteiger partial charge in [-0.2, -0.15) is 5.10 Å². The van der Waals surface area contributed by atoms with E-state index in [4.69, 9.17) is 9.47 Å². The first-order valence-corrected chi connectivity index (χ1v) is 10.4. The molecule has 0 spiro atoms. The molecule has 162 valence electrons. The number of ether oxygens (including phenoxy) is 2. The number of hydrogen-bond acceptors (Lipinski definition) is 5. The summed E-state index contributed by atoms with van der Waals surface area (Å²) in [6.07, 6.45) is 2.08. The number of rotatable bonds is 6. The molecule has 4 rings (SSSR count). The summed E-state index contributed by atoms with van der Waals surface area (Å²) in [6, 6.07) is 15.7. The Kier molecular flexibility index (Phi) is 6.35. The fourth-order valence-electron chi connectivity index (χ4n) is 3.66. The molecule has 0 fully saturated rings. The first-order chi connectivity index (χ1) is 15.2. The molecule has 0 bridgehead atoms. The molecule has 8 nitrogen and oxygen atoms in total. The third-order valence-corrected chi connectivity index (χ3v) is 5.20. The lowest BCUT2D eigenvalue weighted by molar-refractivity contribution is 0.379. The SMILES string of the molecule is CN=C(NCc1ccc(Oc2ccccc2OC)cc1)NC1CCCn2nc(C)nc21. The summed E-state index contributed by atoms with van der Waals surface area (Å²) in [5.41, 5.74) is 1.12. The summed E-state index contributed by atoms with van der Waals surface area (Å²) in [5.74, 6) is 4.68. The molecule has 0 aliphatic carbocycles. The van der Waals surface area contributed by atoms with Gasteiger partial charge >= 0.3 is 0 Å². The lowest BCUT2D eigenvalue weighted by Crippen LogP contribution is -2.41. The maximum absolute atomic E-state index is 5.94. The Morgan fingerprint density at radius 3 is 2.68 bits per heavy atom. The second-order valence-electron chi connectivity index (χ2n) is 7.40. The summed E-state index contributed by atoms with van der Waals surface area (Å²) in [4.78, 5) is 8.95. The van der Waals surface area contributed by atoms with Crippen molar-refractivity contribution in [2.45, 2.75) is 38.9 Å². The van der Waals surface area contributed by atoms with E-state index in [1.165, 1.54) is 0 Å². The van der Waals surface area contributed by atoms with Crippen molar-refractivity contribution in [3.8, 4) is 17.2 Å². The predicted octanol–water partition coefficient (Wildman–Crippen LogP) is 3.59. The van der Waals surface area contributed by atoms with Crippen molar-refractivity contribution in [2.75, 3.05) is 14.2 Å². The van der Waals surface area contributed by atoms with Gasteiger partial charge in [0.2, 0.25) is 0 Å². The molecular weight excluding hydrogens is 392 g/mol. The van der Waals surface area contributed by atoms with Crippen molar-refractivity contribution >= 4 is 5.96 Å². The Labute approximate surface area is 182 Å². The van der Waals surface area contributed by atoms with Gasteiger partial charge in [-0.3, -0.25) is 4.99 Å². The number of aromatic nitrogens is 3. The zero-order valence-electron chi connectivity index (χ0n) is 18.1. The monoisotopic (exact) mass is 420 g/mol. The molecule has 1 aliphatic rings. The predicted molar refractivity (Wildman–Crippen MR) is 120 cm³/mol. The van der Waals surface area contributed by atoms with Crippen molar-refractivity contribution in [2.24, 2.45) is 4.99 Å². The minimum atomic E-state index is 0.109. The van der Waals surface area contributed by atoms with Crippen LogP contribution < -0.4 is 20.1 Å². The standard InChI is InChI=1S/C23H28N6O2/c1-16-26-22-19(7-6-14-29(22)28-16)27-23(24-2)25-15-17-10-12-18(13-11-17)31-21-9-5-4-8-20(21)30-3/h4-5,8-13,19H,6-7,14-15H2,1-3H3,(H2,24,25,27). The maximum Gasteiger partial charge on any atom is 0.191 e. The number of aryl methyl sites for hydroxylation is 2. The van der Waals surface area contributed by atoms with Gasteiger partial charge in [0.15, 0.2) is 17.5 Å². The van der Waals surface area contributed by atoms with Gasteiger partial charge in [0.1, 0.15) is 17.4 Å². The molecular formula is C23H28N6O2. The number of hydrogen-bond donors (Lipinski definition) is 2. The van der Waals surface area contributed by atoms with Crippen LogP contribution in [0.5, 0.6) is 17.2 Å². The number of fused-ring (bicyclic) bond motifs is 1. The molecule has 1 unspecified atom stereocenters. The van der Waals surface area contributed by atoms with Crippen LogP contribution in [0.2, 0.25) is 0 Å². The Morgan fingerprint density at radius 1 is 1.16 bits per heavy atom. The number of aliphatic imine (C=N–C) groups is 1. The van der Waals surface area contributed by atoms with Gasteiger partial charge in [-0.25, -0.2) is 9.67 Å². The van der Waals surface area contributed by atoms with Crippen LogP contribution in [-0.2, 0) is 13.1 Å². The number of guanidine groups is 1. The third kappa shape index (κ3) is 4.96. The van der Waals surface area contributed by atoms with Gasteiger partial charge in [-0.1, -0.05) is 24.3 Å². The van der Waals surface area contributed by atoms with Crippen molar-refractivity contribution in [1.82, 2.24) is 25.4 Å². The van der Waals surface area contributed by atoms with E-state index in [0.29, 0.717) is 18.0 Å². The highest BCUT2D eigenvalue weighted by Gasteiger charge is 2.24. The summed E-state index contributed by atoms with van der Waals surface area (Å²) in [5, 5.41) is 11.3. The Balaban J connectivity index is 1.34. The quantitative estimate of drug-likeness (QED) is 0.468. The van der Waals surface area contributed by atoms with E-state index in [9.17, 15) is 0 Å². The summed E-state index contributed by atoms with van der Waals surface area (Å²) in [6.45, 7) is 3.49. The van der Waals surface area contributed by atoms with Gasteiger partial charge in [-0.15, -0.1) is 0 Å². The van der Waals surface area contributed by atoms with E-state index in [1.807, 2.05) is 60.1 Å². The van der Waals surface area contributed by atoms with Crippen LogP contribution in [0.3, 0.4) is 0 Å². The van der Waals surface area contributed by atoms with Crippen molar-refractivity contribution in [3.63, 3.8) is 0 Å². The number of nitrogens with one attached hydrogen (secondary N) is 2. The average Bonchev–Trinajstić information content (AvgIpc) is 3.19. The molecule has 2 N–H and O–H groups in total. The lowest BCUT2D eigenvalue weighted by Gasteiger charge is -2.25. The first-order valence-electron chi connectivity index (χ1n) is 10.4. The molecule has 8 heteroatoms. The summed E-state index contributed by atoms with van der Waals surface area (Å²) < 4.78 is 13.3. The topological polar surface area (TPSA) is 85.6 Å². The van der Waals surface area contributed by atoms with Crippen LogP contribution in [0.4, 0.5) is 0 Å². The molecule has 1 aliphatic heterocycles. The van der Waals surface area contributed by atoms with E-state index >= 15 is 0 Å². The summed E-state index contributed by atoms with van der Waals surface area (Å²) in [7, 11) is 3.41. The highest BCUT2D eigenvalue weighted by molar-refractivity contribution is 5.80. The Bertz CT molecular complexity index is 1040. The van der Waals surface area contributed by atoms with Crippen molar-refractivity contribution in [1.29, 1.82) is 0 Å². The minimum absolute atomic E-state index is 0.109. The fourth-order valence-corrected chi connectivity index (χ4v) is 3.66. The average molecular weight is 421 g/mol. The van der Waals surface area contributed by atoms with E-state index in [2.05, 4.69) is 25.7 Å². The second-order valence-corrected chi connectivity index (χ2v) is 7.40. The smallest absolute Gasteiger partial charge is 0.191 e. The van der Waals surface area contributed by atoms with E-state index < -0.39 is 0 Å². The Morgan fingerprint density at radius 2 is 1.94 bits per heavy atom. The van der Waals surface area contributed by atoms with Crippen molar-refractivity contribution in [3.05, 3.63) is 65.7 Å². The highest BCUT2D eigenvalue weighted by atomic mass is 16.5. The van der Waals surface area contributed by atoms with E-state index in [1.54, 1.807) is 14.2 Å². The minimum Gasteiger partial charge on any atom is -0.493 e. The number of methoxy groups -OCH3 is 1. The molecule has 31 heavy (non-hydrogen) atoms. The second kappa shape index (κ2) is 9.51. The third-order valence-electron chi connectivity index (χ3n) is 5.20. The van der Waals surface area contributed by atoms with Gasteiger partial charge < -0.3 is 20.1 Å². The van der Waals surface area contributed by atoms with Crippen molar-refractivity contribution < 1.29 is 9.47 Å². The van der Waals surface area contributed by atoms with Crippen LogP contribution in [0.1, 0.15) is 36.1 Å². The maximum atomic E-state index is 5.94. The van der Waals surface area contributed by atoms with Crippen LogP contribution in [0.15, 0.2) is 53.5 Å². The van der Waals surface area contributed by atoms with Crippen LogP contribution in [0.25, 0.3) is 0 Å².